The first-order valence-electron chi connectivity index (χ1n) is 14.6. The third kappa shape index (κ3) is 11.5. The van der Waals surface area contributed by atoms with Crippen LogP contribution in [-0.2, 0) is 16.0 Å². The summed E-state index contributed by atoms with van der Waals surface area (Å²) in [4.78, 5) is 36.0. The molecule has 2 rings (SSSR count). The molecular weight excluding hydrogens is 482 g/mol. The van der Waals surface area contributed by atoms with Gasteiger partial charge in [0.15, 0.2) is 5.82 Å². The molecule has 1 N–H and O–H groups in total. The second-order valence-corrected chi connectivity index (χ2v) is 12.5. The SMILES string of the molecule is CCCCCCCCCCCCc1noc([C@@H]2CCCN2C(=NC(=O)OC(C)(C)C)NC(=O)C(C)(C)C)n1. The smallest absolute Gasteiger partial charge is 0.437 e. The van der Waals surface area contributed by atoms with E-state index < -0.39 is 17.1 Å². The standard InChI is InChI=1S/C29H51N5O4/c1-8-9-10-11-12-13-14-15-16-17-20-23-30-24(38-33-23)22-19-18-21-34(22)26(31-25(35)28(2,3)4)32-27(36)37-29(5,6)7/h22H,8-21H2,1-7H3,(H,31,32,35,36)/t22-/m0/s1. The lowest BCUT2D eigenvalue weighted by molar-refractivity contribution is -0.127. The fourth-order valence-corrected chi connectivity index (χ4v) is 4.38. The summed E-state index contributed by atoms with van der Waals surface area (Å²) in [5.74, 6) is 1.12. The van der Waals surface area contributed by atoms with Gasteiger partial charge in [0.25, 0.3) is 0 Å². The molecule has 1 aliphatic rings. The van der Waals surface area contributed by atoms with Crippen LogP contribution in [0.1, 0.15) is 143 Å². The topological polar surface area (TPSA) is 110 Å². The normalized spacial score (nSPS) is 16.7. The van der Waals surface area contributed by atoms with E-state index in [-0.39, 0.29) is 17.9 Å². The molecule has 1 aromatic heterocycles. The maximum atomic E-state index is 12.8. The fraction of sp³-hybridized carbons (Fsp3) is 0.828. The van der Waals surface area contributed by atoms with Crippen molar-refractivity contribution >= 4 is 18.0 Å². The number of hydrogen-bond acceptors (Lipinski definition) is 6. The number of carbonyl (C=O) groups is 2. The van der Waals surface area contributed by atoms with Gasteiger partial charge in [0.05, 0.1) is 0 Å². The Bertz CT molecular complexity index is 898. The van der Waals surface area contributed by atoms with Crippen LogP contribution in [0.2, 0.25) is 0 Å². The van der Waals surface area contributed by atoms with Gasteiger partial charge in [0.2, 0.25) is 17.8 Å². The Morgan fingerprint density at radius 1 is 1.00 bits per heavy atom. The number of aromatic nitrogens is 2. The van der Waals surface area contributed by atoms with Crippen molar-refractivity contribution < 1.29 is 18.8 Å². The predicted molar refractivity (Wildman–Crippen MR) is 150 cm³/mol. The Morgan fingerprint density at radius 2 is 1.61 bits per heavy atom. The molecule has 0 unspecified atom stereocenters. The Labute approximate surface area is 229 Å². The summed E-state index contributed by atoms with van der Waals surface area (Å²) in [5, 5.41) is 7.05. The molecule has 216 valence electrons. The highest BCUT2D eigenvalue weighted by molar-refractivity contribution is 6.02. The van der Waals surface area contributed by atoms with Crippen LogP contribution in [0.3, 0.4) is 0 Å². The van der Waals surface area contributed by atoms with Gasteiger partial charge in [-0.3, -0.25) is 10.1 Å². The van der Waals surface area contributed by atoms with E-state index in [1.165, 1.54) is 57.8 Å². The number of unbranched alkanes of at least 4 members (excludes halogenated alkanes) is 9. The predicted octanol–water partition coefficient (Wildman–Crippen LogP) is 7.12. The summed E-state index contributed by atoms with van der Waals surface area (Å²) < 4.78 is 11.0. The van der Waals surface area contributed by atoms with Gasteiger partial charge < -0.3 is 14.2 Å². The van der Waals surface area contributed by atoms with Crippen molar-refractivity contribution in [2.24, 2.45) is 10.4 Å². The minimum absolute atomic E-state index is 0.163. The van der Waals surface area contributed by atoms with E-state index in [1.54, 1.807) is 20.8 Å². The first-order valence-corrected chi connectivity index (χ1v) is 14.6. The molecular formula is C29H51N5O4. The molecule has 0 bridgehead atoms. The van der Waals surface area contributed by atoms with Crippen molar-refractivity contribution in [1.29, 1.82) is 0 Å². The molecule has 1 fully saturated rings. The molecule has 2 heterocycles. The lowest BCUT2D eigenvalue weighted by Gasteiger charge is -2.28. The lowest BCUT2D eigenvalue weighted by atomic mass is 9.96. The van der Waals surface area contributed by atoms with Crippen LogP contribution in [-0.4, -0.2) is 45.1 Å². The highest BCUT2D eigenvalue weighted by Gasteiger charge is 2.36. The van der Waals surface area contributed by atoms with Crippen molar-refractivity contribution in [2.75, 3.05) is 6.54 Å². The number of ether oxygens (including phenoxy) is 1. The molecule has 38 heavy (non-hydrogen) atoms. The maximum Gasteiger partial charge on any atom is 0.437 e. The number of likely N-dealkylation sites (tertiary alicyclic amines) is 1. The Hall–Kier alpha value is -2.45. The van der Waals surface area contributed by atoms with Crippen molar-refractivity contribution in [2.45, 2.75) is 144 Å². The Balaban J connectivity index is 1.96. The number of nitrogens with one attached hydrogen (secondary N) is 1. The zero-order valence-electron chi connectivity index (χ0n) is 24.9. The Morgan fingerprint density at radius 3 is 2.18 bits per heavy atom. The number of nitrogens with zero attached hydrogens (tertiary/aromatic N) is 4. The number of aryl methyl sites for hydroxylation is 1. The quantitative estimate of drug-likeness (QED) is 0.173. The van der Waals surface area contributed by atoms with Gasteiger partial charge in [0, 0.05) is 18.4 Å². The van der Waals surface area contributed by atoms with Crippen LogP contribution in [0.15, 0.2) is 9.52 Å². The Kier molecular flexibility index (Phi) is 12.7. The minimum atomic E-state index is -0.750. The third-order valence-corrected chi connectivity index (χ3v) is 6.54. The van der Waals surface area contributed by atoms with Crippen molar-refractivity contribution in [1.82, 2.24) is 20.4 Å². The van der Waals surface area contributed by atoms with Gasteiger partial charge in [-0.15, -0.1) is 4.99 Å². The first kappa shape index (κ1) is 31.8. The molecule has 9 heteroatoms. The lowest BCUT2D eigenvalue weighted by Crippen LogP contribution is -2.48. The number of guanidine groups is 1. The van der Waals surface area contributed by atoms with Crippen LogP contribution in [0.25, 0.3) is 0 Å². The monoisotopic (exact) mass is 533 g/mol. The summed E-state index contributed by atoms with van der Waals surface area (Å²) in [5.41, 5.74) is -1.35. The van der Waals surface area contributed by atoms with E-state index in [2.05, 4.69) is 27.4 Å². The summed E-state index contributed by atoms with van der Waals surface area (Å²) >= 11 is 0. The fourth-order valence-electron chi connectivity index (χ4n) is 4.38. The van der Waals surface area contributed by atoms with E-state index in [0.29, 0.717) is 18.3 Å². The van der Waals surface area contributed by atoms with Crippen LogP contribution < -0.4 is 5.32 Å². The zero-order valence-corrected chi connectivity index (χ0v) is 24.9. The molecule has 0 aliphatic carbocycles. The summed E-state index contributed by atoms with van der Waals surface area (Å²) in [6.07, 6.45) is 14.4. The van der Waals surface area contributed by atoms with E-state index in [4.69, 9.17) is 9.26 Å². The summed E-state index contributed by atoms with van der Waals surface area (Å²) in [6.45, 7) is 13.6. The highest BCUT2D eigenvalue weighted by Crippen LogP contribution is 2.31. The van der Waals surface area contributed by atoms with Gasteiger partial charge in [-0.2, -0.15) is 4.98 Å². The third-order valence-electron chi connectivity index (χ3n) is 6.54. The van der Waals surface area contributed by atoms with E-state index in [1.807, 2.05) is 25.7 Å². The minimum Gasteiger partial charge on any atom is -0.442 e. The van der Waals surface area contributed by atoms with Crippen LogP contribution in [0.4, 0.5) is 4.79 Å². The first-order chi connectivity index (χ1) is 17.9. The van der Waals surface area contributed by atoms with Crippen LogP contribution >= 0.6 is 0 Å². The number of aliphatic imine (C=N–C) groups is 1. The molecule has 1 saturated heterocycles. The second kappa shape index (κ2) is 15.2. The number of hydrogen-bond donors (Lipinski definition) is 1. The number of rotatable bonds is 12. The summed E-state index contributed by atoms with van der Waals surface area (Å²) in [6, 6.07) is -0.259. The van der Waals surface area contributed by atoms with Crippen LogP contribution in [0.5, 0.6) is 0 Å². The van der Waals surface area contributed by atoms with E-state index in [9.17, 15) is 9.59 Å². The molecule has 1 aliphatic heterocycles. The maximum absolute atomic E-state index is 12.8. The number of carbonyl (C=O) groups excluding carboxylic acids is 2. The van der Waals surface area contributed by atoms with Gasteiger partial charge in [-0.1, -0.05) is 90.6 Å². The highest BCUT2D eigenvalue weighted by atomic mass is 16.6. The molecule has 0 radical (unpaired) electrons. The van der Waals surface area contributed by atoms with Crippen molar-refractivity contribution in [3.63, 3.8) is 0 Å². The molecule has 2 amide bonds. The molecule has 0 aromatic carbocycles. The summed E-state index contributed by atoms with van der Waals surface area (Å²) in [7, 11) is 0. The molecule has 1 atom stereocenters. The van der Waals surface area contributed by atoms with Crippen molar-refractivity contribution in [3.8, 4) is 0 Å². The molecule has 1 aromatic rings. The second-order valence-electron chi connectivity index (χ2n) is 12.5. The van der Waals surface area contributed by atoms with Gasteiger partial charge in [-0.25, -0.2) is 4.79 Å². The van der Waals surface area contributed by atoms with E-state index in [0.717, 1.165) is 25.7 Å². The average molecular weight is 534 g/mol. The van der Waals surface area contributed by atoms with Gasteiger partial charge in [-0.05, 0) is 40.0 Å². The molecule has 9 nitrogen and oxygen atoms in total. The average Bonchev–Trinajstić information content (AvgIpc) is 3.47. The number of amides is 2. The molecule has 0 spiro atoms. The molecule has 0 saturated carbocycles. The van der Waals surface area contributed by atoms with Gasteiger partial charge >= 0.3 is 6.09 Å². The largest absolute Gasteiger partial charge is 0.442 e. The van der Waals surface area contributed by atoms with Crippen molar-refractivity contribution in [3.05, 3.63) is 11.7 Å². The van der Waals surface area contributed by atoms with Crippen LogP contribution in [0, 0.1) is 5.41 Å². The van der Waals surface area contributed by atoms with Gasteiger partial charge in [0.1, 0.15) is 11.6 Å². The van der Waals surface area contributed by atoms with E-state index >= 15 is 0 Å². The zero-order chi connectivity index (χ0) is 28.2.